The first kappa shape index (κ1) is 18.1. The smallest absolute Gasteiger partial charge is 0.267 e. The monoisotopic (exact) mass is 411 g/mol. The molecule has 0 aliphatic heterocycles. The van der Waals surface area contributed by atoms with Crippen molar-refractivity contribution in [1.29, 1.82) is 0 Å². The van der Waals surface area contributed by atoms with Crippen molar-refractivity contribution in [3.05, 3.63) is 80.6 Å². The van der Waals surface area contributed by atoms with Crippen molar-refractivity contribution in [3.63, 3.8) is 0 Å². The summed E-state index contributed by atoms with van der Waals surface area (Å²) in [6.45, 7) is 3.85. The van der Waals surface area contributed by atoms with Crippen molar-refractivity contribution in [2.24, 2.45) is 0 Å². The van der Waals surface area contributed by atoms with E-state index in [1.54, 1.807) is 18.2 Å². The highest BCUT2D eigenvalue weighted by Crippen LogP contribution is 2.21. The first-order chi connectivity index (χ1) is 12.4. The largest absolute Gasteiger partial charge is 0.324 e. The lowest BCUT2D eigenvalue weighted by Crippen LogP contribution is -2.29. The lowest BCUT2D eigenvalue weighted by Gasteiger charge is -2.10. The number of rotatable bonds is 4. The van der Waals surface area contributed by atoms with Crippen molar-refractivity contribution >= 4 is 27.5 Å². The summed E-state index contributed by atoms with van der Waals surface area (Å²) in [4.78, 5) is 24.4. The minimum Gasteiger partial charge on any atom is -0.324 e. The molecule has 5 nitrogen and oxygen atoms in total. The van der Waals surface area contributed by atoms with Crippen LogP contribution in [-0.2, 0) is 11.3 Å². The predicted octanol–water partition coefficient (Wildman–Crippen LogP) is 3.93. The standard InChI is InChI=1S/C20H18BrN3O2/c1-13-6-7-14(2)17(10-13)18-8-9-20(26)24(23-18)12-19(25)22-16-5-3-4-15(21)11-16/h3-11H,12H2,1-2H3,(H,22,25). The Morgan fingerprint density at radius 2 is 1.92 bits per heavy atom. The van der Waals surface area contributed by atoms with Gasteiger partial charge < -0.3 is 5.32 Å². The molecule has 2 aromatic carbocycles. The normalized spacial score (nSPS) is 10.6. The van der Waals surface area contributed by atoms with E-state index in [1.165, 1.54) is 10.7 Å². The highest BCUT2D eigenvalue weighted by Gasteiger charge is 2.10. The van der Waals surface area contributed by atoms with Crippen LogP contribution in [0.2, 0.25) is 0 Å². The van der Waals surface area contributed by atoms with Gasteiger partial charge in [0.15, 0.2) is 0 Å². The van der Waals surface area contributed by atoms with E-state index in [0.717, 1.165) is 21.2 Å². The first-order valence-electron chi connectivity index (χ1n) is 8.13. The zero-order valence-electron chi connectivity index (χ0n) is 14.5. The molecule has 0 radical (unpaired) electrons. The van der Waals surface area contributed by atoms with Gasteiger partial charge in [-0.15, -0.1) is 0 Å². The number of amides is 1. The Kier molecular flexibility index (Phi) is 5.32. The minimum absolute atomic E-state index is 0.149. The lowest BCUT2D eigenvalue weighted by atomic mass is 10.0. The third-order valence-corrected chi connectivity index (χ3v) is 4.43. The summed E-state index contributed by atoms with van der Waals surface area (Å²) in [6.07, 6.45) is 0. The molecular formula is C20H18BrN3O2. The van der Waals surface area contributed by atoms with E-state index < -0.39 is 0 Å². The molecular weight excluding hydrogens is 394 g/mol. The third kappa shape index (κ3) is 4.26. The molecule has 132 valence electrons. The molecule has 1 N–H and O–H groups in total. The molecule has 3 rings (SSSR count). The molecule has 0 atom stereocenters. The van der Waals surface area contributed by atoms with Gasteiger partial charge in [-0.1, -0.05) is 39.7 Å². The Labute approximate surface area is 159 Å². The molecule has 0 spiro atoms. The zero-order chi connectivity index (χ0) is 18.7. The lowest BCUT2D eigenvalue weighted by molar-refractivity contribution is -0.117. The Bertz CT molecular complexity index is 1030. The van der Waals surface area contributed by atoms with Crippen molar-refractivity contribution in [3.8, 4) is 11.3 Å². The number of carbonyl (C=O) groups excluding carboxylic acids is 1. The van der Waals surface area contributed by atoms with Crippen molar-refractivity contribution in [2.75, 3.05) is 5.32 Å². The number of nitrogens with one attached hydrogen (secondary N) is 1. The SMILES string of the molecule is Cc1ccc(C)c(-c2ccc(=O)n(CC(=O)Nc3cccc(Br)c3)n2)c1. The second kappa shape index (κ2) is 7.66. The molecule has 26 heavy (non-hydrogen) atoms. The van der Waals surface area contributed by atoms with Gasteiger partial charge in [-0.25, -0.2) is 4.68 Å². The molecule has 0 aliphatic carbocycles. The van der Waals surface area contributed by atoms with Crippen LogP contribution in [0.5, 0.6) is 0 Å². The van der Waals surface area contributed by atoms with Gasteiger partial charge in [0.05, 0.1) is 5.69 Å². The number of benzene rings is 2. The van der Waals surface area contributed by atoms with Gasteiger partial charge in [-0.2, -0.15) is 5.10 Å². The molecule has 3 aromatic rings. The van der Waals surface area contributed by atoms with Crippen molar-refractivity contribution in [2.45, 2.75) is 20.4 Å². The number of carbonyl (C=O) groups is 1. The van der Waals surface area contributed by atoms with Crippen LogP contribution >= 0.6 is 15.9 Å². The Morgan fingerprint density at radius 1 is 1.12 bits per heavy atom. The maximum atomic E-state index is 12.3. The van der Waals surface area contributed by atoms with Gasteiger partial charge in [0.1, 0.15) is 6.54 Å². The number of hydrogen-bond donors (Lipinski definition) is 1. The molecule has 6 heteroatoms. The number of nitrogens with zero attached hydrogens (tertiary/aromatic N) is 2. The van der Waals surface area contributed by atoms with E-state index in [2.05, 4.69) is 26.3 Å². The van der Waals surface area contributed by atoms with Crippen molar-refractivity contribution in [1.82, 2.24) is 9.78 Å². The fraction of sp³-hybridized carbons (Fsp3) is 0.150. The van der Waals surface area contributed by atoms with Crippen LogP contribution in [0.3, 0.4) is 0 Å². The molecule has 0 saturated heterocycles. The van der Waals surface area contributed by atoms with E-state index in [0.29, 0.717) is 11.4 Å². The Hall–Kier alpha value is -2.73. The second-order valence-electron chi connectivity index (χ2n) is 6.09. The number of hydrogen-bond acceptors (Lipinski definition) is 3. The van der Waals surface area contributed by atoms with Crippen LogP contribution in [0.1, 0.15) is 11.1 Å². The van der Waals surface area contributed by atoms with Gasteiger partial charge in [0, 0.05) is 21.8 Å². The summed E-state index contributed by atoms with van der Waals surface area (Å²) in [5.74, 6) is -0.309. The molecule has 1 amide bonds. The van der Waals surface area contributed by atoms with Gasteiger partial charge in [-0.3, -0.25) is 9.59 Å². The summed E-state index contributed by atoms with van der Waals surface area (Å²) in [5, 5.41) is 7.15. The van der Waals surface area contributed by atoms with E-state index in [1.807, 2.05) is 44.2 Å². The minimum atomic E-state index is -0.316. The maximum absolute atomic E-state index is 12.3. The van der Waals surface area contributed by atoms with Crippen LogP contribution in [0.25, 0.3) is 11.3 Å². The Balaban J connectivity index is 1.85. The maximum Gasteiger partial charge on any atom is 0.267 e. The van der Waals surface area contributed by atoms with Gasteiger partial charge in [0.2, 0.25) is 5.91 Å². The number of aromatic nitrogens is 2. The van der Waals surface area contributed by atoms with Crippen LogP contribution in [-0.4, -0.2) is 15.7 Å². The quantitative estimate of drug-likeness (QED) is 0.707. The summed E-state index contributed by atoms with van der Waals surface area (Å²) >= 11 is 3.36. The predicted molar refractivity (Wildman–Crippen MR) is 106 cm³/mol. The number of halogens is 1. The van der Waals surface area contributed by atoms with Crippen LogP contribution in [0.15, 0.2) is 63.9 Å². The zero-order valence-corrected chi connectivity index (χ0v) is 16.1. The first-order valence-corrected chi connectivity index (χ1v) is 8.93. The van der Waals surface area contributed by atoms with E-state index in [9.17, 15) is 9.59 Å². The van der Waals surface area contributed by atoms with E-state index in [-0.39, 0.29) is 18.0 Å². The molecule has 0 aliphatic rings. The third-order valence-electron chi connectivity index (χ3n) is 3.94. The van der Waals surface area contributed by atoms with Gasteiger partial charge in [0.25, 0.3) is 5.56 Å². The number of anilines is 1. The highest BCUT2D eigenvalue weighted by atomic mass is 79.9. The summed E-state index contributed by atoms with van der Waals surface area (Å²) in [5.41, 5.74) is 4.13. The fourth-order valence-electron chi connectivity index (χ4n) is 2.62. The van der Waals surface area contributed by atoms with Crippen LogP contribution in [0.4, 0.5) is 5.69 Å². The molecule has 0 saturated carbocycles. The number of aryl methyl sites for hydroxylation is 2. The molecule has 0 fully saturated rings. The molecule has 1 heterocycles. The fourth-order valence-corrected chi connectivity index (χ4v) is 3.02. The van der Waals surface area contributed by atoms with Crippen LogP contribution < -0.4 is 10.9 Å². The molecule has 0 unspecified atom stereocenters. The highest BCUT2D eigenvalue weighted by molar-refractivity contribution is 9.10. The average molecular weight is 412 g/mol. The Morgan fingerprint density at radius 3 is 2.69 bits per heavy atom. The van der Waals surface area contributed by atoms with Gasteiger partial charge in [-0.05, 0) is 49.7 Å². The topological polar surface area (TPSA) is 64.0 Å². The summed E-state index contributed by atoms with van der Waals surface area (Å²) < 4.78 is 2.05. The second-order valence-corrected chi connectivity index (χ2v) is 7.01. The van der Waals surface area contributed by atoms with E-state index in [4.69, 9.17) is 0 Å². The van der Waals surface area contributed by atoms with E-state index >= 15 is 0 Å². The average Bonchev–Trinajstić information content (AvgIpc) is 2.59. The van der Waals surface area contributed by atoms with Crippen molar-refractivity contribution < 1.29 is 4.79 Å². The molecule has 1 aromatic heterocycles. The van der Waals surface area contributed by atoms with Gasteiger partial charge >= 0.3 is 0 Å². The summed E-state index contributed by atoms with van der Waals surface area (Å²) in [6, 6.07) is 16.5. The summed E-state index contributed by atoms with van der Waals surface area (Å²) in [7, 11) is 0. The van der Waals surface area contributed by atoms with Crippen LogP contribution in [0, 0.1) is 13.8 Å². The molecule has 0 bridgehead atoms.